The standard InChI is InChI=1S/C22H15ClN2O2/c23-14-10-8-13(9-11-14)19(26)12-25-18-7-3-6-17-20(18)21(24-25)15-4-1-2-5-16(15)22(17)27/h1-11,19,26H,12H2. The van der Waals surface area contributed by atoms with Crippen molar-refractivity contribution in [2.24, 2.45) is 0 Å². The van der Waals surface area contributed by atoms with Crippen LogP contribution in [0.3, 0.4) is 0 Å². The van der Waals surface area contributed by atoms with E-state index in [0.717, 1.165) is 27.7 Å². The maximum atomic E-state index is 12.9. The van der Waals surface area contributed by atoms with Gasteiger partial charge in [-0.1, -0.05) is 60.1 Å². The second kappa shape index (κ2) is 6.05. The molecule has 1 aromatic heterocycles. The molecular weight excluding hydrogens is 360 g/mol. The van der Waals surface area contributed by atoms with E-state index in [4.69, 9.17) is 16.7 Å². The van der Waals surface area contributed by atoms with Gasteiger partial charge in [-0.05, 0) is 23.8 Å². The van der Waals surface area contributed by atoms with Crippen molar-refractivity contribution < 1.29 is 9.90 Å². The Morgan fingerprint density at radius 1 is 0.926 bits per heavy atom. The van der Waals surface area contributed by atoms with Crippen molar-refractivity contribution in [1.29, 1.82) is 0 Å². The smallest absolute Gasteiger partial charge is 0.194 e. The van der Waals surface area contributed by atoms with Gasteiger partial charge in [-0.15, -0.1) is 0 Å². The molecule has 1 heterocycles. The lowest BCUT2D eigenvalue weighted by atomic mass is 9.87. The number of rotatable bonds is 3. The number of ketones is 1. The number of aliphatic hydroxyl groups excluding tert-OH is 1. The number of halogens is 1. The van der Waals surface area contributed by atoms with Crippen LogP contribution in [0.25, 0.3) is 22.2 Å². The summed E-state index contributed by atoms with van der Waals surface area (Å²) >= 11 is 5.93. The number of aromatic nitrogens is 2. The largest absolute Gasteiger partial charge is 0.386 e. The van der Waals surface area contributed by atoms with Crippen molar-refractivity contribution in [3.8, 4) is 11.3 Å². The van der Waals surface area contributed by atoms with Crippen LogP contribution in [0, 0.1) is 0 Å². The molecule has 5 rings (SSSR count). The van der Waals surface area contributed by atoms with Gasteiger partial charge in [0.2, 0.25) is 0 Å². The average Bonchev–Trinajstić information content (AvgIpc) is 3.06. The first-order valence-corrected chi connectivity index (χ1v) is 9.08. The quantitative estimate of drug-likeness (QED) is 0.500. The third-order valence-corrected chi connectivity index (χ3v) is 5.30. The third kappa shape index (κ3) is 2.49. The molecule has 1 atom stereocenters. The second-order valence-corrected chi connectivity index (χ2v) is 7.11. The molecule has 0 bridgehead atoms. The molecule has 5 heteroatoms. The predicted octanol–water partition coefficient (Wildman–Crippen LogP) is 4.63. The lowest BCUT2D eigenvalue weighted by Gasteiger charge is -2.14. The number of hydrogen-bond acceptors (Lipinski definition) is 3. The van der Waals surface area contributed by atoms with E-state index >= 15 is 0 Å². The Labute approximate surface area is 160 Å². The summed E-state index contributed by atoms with van der Waals surface area (Å²) in [6, 6.07) is 20.3. The van der Waals surface area contributed by atoms with Gasteiger partial charge in [-0.25, -0.2) is 0 Å². The maximum absolute atomic E-state index is 12.9. The van der Waals surface area contributed by atoms with Crippen LogP contribution in [-0.4, -0.2) is 20.7 Å². The minimum Gasteiger partial charge on any atom is -0.386 e. The minimum atomic E-state index is -0.728. The Hall–Kier alpha value is -2.95. The molecule has 27 heavy (non-hydrogen) atoms. The number of carbonyl (C=O) groups is 1. The van der Waals surface area contributed by atoms with Gasteiger partial charge in [0.15, 0.2) is 5.78 Å². The van der Waals surface area contributed by atoms with Crippen LogP contribution in [0.15, 0.2) is 66.7 Å². The topological polar surface area (TPSA) is 55.1 Å². The average molecular weight is 375 g/mol. The molecule has 3 aromatic carbocycles. The number of nitrogens with zero attached hydrogens (tertiary/aromatic N) is 2. The van der Waals surface area contributed by atoms with Gasteiger partial charge in [0.1, 0.15) is 5.69 Å². The Balaban J connectivity index is 1.65. The fourth-order valence-corrected chi connectivity index (χ4v) is 3.86. The summed E-state index contributed by atoms with van der Waals surface area (Å²) in [5, 5.41) is 16.9. The monoisotopic (exact) mass is 374 g/mol. The van der Waals surface area contributed by atoms with Crippen molar-refractivity contribution in [3.63, 3.8) is 0 Å². The molecule has 0 amide bonds. The lowest BCUT2D eigenvalue weighted by Crippen LogP contribution is -2.10. The molecular formula is C22H15ClN2O2. The number of benzene rings is 3. The SMILES string of the molecule is O=C1c2ccccc2-c2nn(CC(O)c3ccc(Cl)cc3)c3cccc1c23. The molecule has 0 radical (unpaired) electrons. The van der Waals surface area contributed by atoms with Gasteiger partial charge in [0.25, 0.3) is 0 Å². The van der Waals surface area contributed by atoms with E-state index in [0.29, 0.717) is 16.1 Å². The molecule has 1 aliphatic carbocycles. The molecule has 0 fully saturated rings. The normalized spacial score (nSPS) is 13.6. The van der Waals surface area contributed by atoms with Gasteiger partial charge in [0.05, 0.1) is 18.2 Å². The Morgan fingerprint density at radius 2 is 1.63 bits per heavy atom. The van der Waals surface area contributed by atoms with E-state index in [1.54, 1.807) is 16.8 Å². The highest BCUT2D eigenvalue weighted by molar-refractivity contribution is 6.30. The van der Waals surface area contributed by atoms with Crippen molar-refractivity contribution in [1.82, 2.24) is 9.78 Å². The predicted molar refractivity (Wildman–Crippen MR) is 105 cm³/mol. The zero-order chi connectivity index (χ0) is 18.5. The molecule has 1 unspecified atom stereocenters. The van der Waals surface area contributed by atoms with Gasteiger partial charge >= 0.3 is 0 Å². The maximum Gasteiger partial charge on any atom is 0.194 e. The highest BCUT2D eigenvalue weighted by atomic mass is 35.5. The highest BCUT2D eigenvalue weighted by Gasteiger charge is 2.28. The highest BCUT2D eigenvalue weighted by Crippen LogP contribution is 2.39. The fraction of sp³-hybridized carbons (Fsp3) is 0.0909. The van der Waals surface area contributed by atoms with E-state index in [1.165, 1.54) is 0 Å². The van der Waals surface area contributed by atoms with Crippen molar-refractivity contribution in [2.75, 3.05) is 0 Å². The zero-order valence-corrected chi connectivity index (χ0v) is 15.0. The van der Waals surface area contributed by atoms with Crippen LogP contribution in [0.4, 0.5) is 0 Å². The summed E-state index contributed by atoms with van der Waals surface area (Å²) in [4.78, 5) is 12.9. The van der Waals surface area contributed by atoms with Crippen LogP contribution in [0.2, 0.25) is 5.02 Å². The Kier molecular flexibility index (Phi) is 3.64. The molecule has 0 saturated carbocycles. The fourth-order valence-electron chi connectivity index (χ4n) is 3.73. The molecule has 4 aromatic rings. The van der Waals surface area contributed by atoms with E-state index in [1.807, 2.05) is 54.6 Å². The molecule has 132 valence electrons. The van der Waals surface area contributed by atoms with Gasteiger partial charge < -0.3 is 5.11 Å². The summed E-state index contributed by atoms with van der Waals surface area (Å²) < 4.78 is 1.78. The van der Waals surface area contributed by atoms with E-state index in [2.05, 4.69) is 0 Å². The number of fused-ring (bicyclic) bond motifs is 2. The van der Waals surface area contributed by atoms with E-state index in [-0.39, 0.29) is 12.3 Å². The van der Waals surface area contributed by atoms with Crippen LogP contribution in [0.5, 0.6) is 0 Å². The van der Waals surface area contributed by atoms with Crippen LogP contribution < -0.4 is 0 Å². The summed E-state index contributed by atoms with van der Waals surface area (Å²) in [5.41, 5.74) is 4.57. The first-order chi connectivity index (χ1) is 13.1. The molecule has 1 N–H and O–H groups in total. The number of aliphatic hydroxyl groups is 1. The summed E-state index contributed by atoms with van der Waals surface area (Å²) in [5.74, 6) is 0.0153. The van der Waals surface area contributed by atoms with Gasteiger partial charge in [0, 0.05) is 27.1 Å². The number of hydrogen-bond donors (Lipinski definition) is 1. The van der Waals surface area contributed by atoms with Crippen LogP contribution in [-0.2, 0) is 6.54 Å². The third-order valence-electron chi connectivity index (χ3n) is 5.05. The van der Waals surface area contributed by atoms with Crippen molar-refractivity contribution in [3.05, 3.63) is 88.4 Å². The van der Waals surface area contributed by atoms with Gasteiger partial charge in [-0.2, -0.15) is 5.10 Å². The van der Waals surface area contributed by atoms with Crippen LogP contribution >= 0.6 is 11.6 Å². The molecule has 0 saturated heterocycles. The van der Waals surface area contributed by atoms with E-state index < -0.39 is 6.10 Å². The van der Waals surface area contributed by atoms with Crippen molar-refractivity contribution >= 4 is 28.3 Å². The minimum absolute atomic E-state index is 0.0153. The number of carbonyl (C=O) groups excluding carboxylic acids is 1. The summed E-state index contributed by atoms with van der Waals surface area (Å²) in [7, 11) is 0. The Morgan fingerprint density at radius 3 is 2.41 bits per heavy atom. The molecule has 0 spiro atoms. The Bertz CT molecular complexity index is 1190. The first-order valence-electron chi connectivity index (χ1n) is 8.70. The van der Waals surface area contributed by atoms with Crippen molar-refractivity contribution in [2.45, 2.75) is 12.6 Å². The van der Waals surface area contributed by atoms with Crippen LogP contribution in [0.1, 0.15) is 27.6 Å². The van der Waals surface area contributed by atoms with Gasteiger partial charge in [-0.3, -0.25) is 9.48 Å². The summed E-state index contributed by atoms with van der Waals surface area (Å²) in [6.07, 6.45) is -0.728. The first kappa shape index (κ1) is 16.2. The summed E-state index contributed by atoms with van der Waals surface area (Å²) in [6.45, 7) is 0.290. The van der Waals surface area contributed by atoms with E-state index in [9.17, 15) is 9.90 Å². The molecule has 1 aliphatic rings. The molecule has 0 aliphatic heterocycles. The zero-order valence-electron chi connectivity index (χ0n) is 14.3. The lowest BCUT2D eigenvalue weighted by molar-refractivity contribution is 0.104. The molecule has 4 nitrogen and oxygen atoms in total. The second-order valence-electron chi connectivity index (χ2n) is 6.67.